The van der Waals surface area contributed by atoms with Crippen molar-refractivity contribution >= 4 is 28.4 Å². The standard InChI is InChI=1S/C28H23FN6O/c1-28(2)23-24(30)31-27(33-25(23)32-26(28)36)35-22-13-12-17(16-8-4-3-5-9-16)14-19(22)21(34-35)15-18-10-6-7-11-20(18)29/h3-14H,15H2,1-2H3,(H3,30,31,32,33,36). The van der Waals surface area contributed by atoms with Gasteiger partial charge in [-0.25, -0.2) is 4.39 Å². The minimum absolute atomic E-state index is 0.186. The number of hydrogen-bond acceptors (Lipinski definition) is 5. The quantitative estimate of drug-likeness (QED) is 0.378. The highest BCUT2D eigenvalue weighted by molar-refractivity contribution is 6.06. The molecule has 1 amide bonds. The van der Waals surface area contributed by atoms with E-state index >= 15 is 0 Å². The van der Waals surface area contributed by atoms with Gasteiger partial charge in [0.1, 0.15) is 17.5 Å². The molecule has 0 bridgehead atoms. The van der Waals surface area contributed by atoms with Gasteiger partial charge in [-0.15, -0.1) is 0 Å². The van der Waals surface area contributed by atoms with Crippen LogP contribution in [0.5, 0.6) is 0 Å². The van der Waals surface area contributed by atoms with Crippen molar-refractivity contribution in [2.24, 2.45) is 0 Å². The van der Waals surface area contributed by atoms with Crippen LogP contribution in [0.3, 0.4) is 0 Å². The number of hydrogen-bond donors (Lipinski definition) is 2. The first-order chi connectivity index (χ1) is 17.3. The maximum absolute atomic E-state index is 14.5. The summed E-state index contributed by atoms with van der Waals surface area (Å²) in [7, 11) is 0. The topological polar surface area (TPSA) is 98.7 Å². The molecule has 1 aliphatic rings. The Labute approximate surface area is 206 Å². The molecule has 0 aliphatic carbocycles. The number of nitrogen functional groups attached to an aromatic ring is 1. The minimum Gasteiger partial charge on any atom is -0.383 e. The summed E-state index contributed by atoms with van der Waals surface area (Å²) in [6.07, 6.45) is 0.290. The summed E-state index contributed by atoms with van der Waals surface area (Å²) in [6, 6.07) is 22.7. The van der Waals surface area contributed by atoms with Crippen LogP contribution in [0.25, 0.3) is 28.0 Å². The fraction of sp³-hybridized carbons (Fsp3) is 0.143. The van der Waals surface area contributed by atoms with Crippen LogP contribution >= 0.6 is 0 Å². The summed E-state index contributed by atoms with van der Waals surface area (Å²) in [4.78, 5) is 21.6. The first-order valence-electron chi connectivity index (χ1n) is 11.6. The number of amides is 1. The molecule has 8 heteroatoms. The van der Waals surface area contributed by atoms with Crippen LogP contribution in [0.2, 0.25) is 0 Å². The first-order valence-corrected chi connectivity index (χ1v) is 11.6. The number of halogens is 1. The van der Waals surface area contributed by atoms with Crippen LogP contribution in [-0.2, 0) is 16.6 Å². The molecular formula is C28H23FN6O. The third kappa shape index (κ3) is 3.41. The Balaban J connectivity index is 1.55. The van der Waals surface area contributed by atoms with Crippen molar-refractivity contribution in [3.8, 4) is 17.1 Å². The van der Waals surface area contributed by atoms with Crippen LogP contribution in [-0.4, -0.2) is 25.7 Å². The number of benzene rings is 3. The zero-order valence-corrected chi connectivity index (χ0v) is 19.8. The van der Waals surface area contributed by atoms with Gasteiger partial charge in [0.25, 0.3) is 5.95 Å². The molecule has 0 radical (unpaired) electrons. The molecule has 178 valence electrons. The lowest BCUT2D eigenvalue weighted by Gasteiger charge is -2.16. The highest BCUT2D eigenvalue weighted by atomic mass is 19.1. The second-order valence-electron chi connectivity index (χ2n) is 9.44. The molecule has 3 aromatic carbocycles. The molecule has 3 heterocycles. The molecular weight excluding hydrogens is 455 g/mol. The molecule has 2 aromatic heterocycles. The summed E-state index contributed by atoms with van der Waals surface area (Å²) in [6.45, 7) is 3.57. The van der Waals surface area contributed by atoms with E-state index in [1.807, 2.05) is 54.6 Å². The molecule has 5 aromatic rings. The van der Waals surface area contributed by atoms with E-state index in [-0.39, 0.29) is 23.5 Å². The molecule has 1 aliphatic heterocycles. The molecule has 0 unspecified atom stereocenters. The zero-order valence-electron chi connectivity index (χ0n) is 19.8. The predicted molar refractivity (Wildman–Crippen MR) is 137 cm³/mol. The summed E-state index contributed by atoms with van der Waals surface area (Å²) in [5.74, 6) is 0.365. The van der Waals surface area contributed by atoms with Crippen molar-refractivity contribution in [1.29, 1.82) is 0 Å². The van der Waals surface area contributed by atoms with Gasteiger partial charge in [0.2, 0.25) is 5.91 Å². The maximum atomic E-state index is 14.5. The summed E-state index contributed by atoms with van der Waals surface area (Å²) < 4.78 is 16.2. The number of nitrogens with zero attached hydrogens (tertiary/aromatic N) is 4. The van der Waals surface area contributed by atoms with Crippen LogP contribution in [0.4, 0.5) is 16.0 Å². The Morgan fingerprint density at radius 1 is 0.972 bits per heavy atom. The number of aromatic nitrogens is 4. The highest BCUT2D eigenvalue weighted by Crippen LogP contribution is 2.40. The molecule has 0 spiro atoms. The van der Waals surface area contributed by atoms with Crippen molar-refractivity contribution in [3.05, 3.63) is 95.4 Å². The Morgan fingerprint density at radius 2 is 1.72 bits per heavy atom. The SMILES string of the molecule is CC1(C)C(=O)Nc2nc(-n3nc(Cc4ccccc4F)c4cc(-c5ccccc5)ccc43)nc(N)c21. The largest absolute Gasteiger partial charge is 0.383 e. The average Bonchev–Trinajstić information content (AvgIpc) is 3.34. The molecule has 7 nitrogen and oxygen atoms in total. The zero-order chi connectivity index (χ0) is 25.0. The molecule has 0 fully saturated rings. The van der Waals surface area contributed by atoms with E-state index in [1.54, 1.807) is 30.7 Å². The van der Waals surface area contributed by atoms with E-state index in [0.717, 1.165) is 22.0 Å². The second-order valence-corrected chi connectivity index (χ2v) is 9.44. The Hall–Kier alpha value is -4.59. The molecule has 36 heavy (non-hydrogen) atoms. The third-order valence-corrected chi connectivity index (χ3v) is 6.72. The van der Waals surface area contributed by atoms with Gasteiger partial charge in [0.15, 0.2) is 0 Å². The Bertz CT molecular complexity index is 1660. The van der Waals surface area contributed by atoms with E-state index in [2.05, 4.69) is 15.3 Å². The van der Waals surface area contributed by atoms with Gasteiger partial charge in [-0.3, -0.25) is 4.79 Å². The maximum Gasteiger partial charge on any atom is 0.255 e. The van der Waals surface area contributed by atoms with Crippen LogP contribution < -0.4 is 11.1 Å². The summed E-state index contributed by atoms with van der Waals surface area (Å²) in [5.41, 5.74) is 10.1. The number of fused-ring (bicyclic) bond motifs is 2. The number of anilines is 2. The number of nitrogens with two attached hydrogens (primary N) is 1. The number of carbonyl (C=O) groups is 1. The lowest BCUT2D eigenvalue weighted by molar-refractivity contribution is -0.119. The molecule has 0 saturated heterocycles. The highest BCUT2D eigenvalue weighted by Gasteiger charge is 2.42. The summed E-state index contributed by atoms with van der Waals surface area (Å²) >= 11 is 0. The first kappa shape index (κ1) is 21.9. The van der Waals surface area contributed by atoms with Crippen LogP contribution in [0.15, 0.2) is 72.8 Å². The van der Waals surface area contributed by atoms with Crippen LogP contribution in [0, 0.1) is 5.82 Å². The normalized spacial score (nSPS) is 14.1. The van der Waals surface area contributed by atoms with Crippen molar-refractivity contribution in [2.75, 3.05) is 11.1 Å². The van der Waals surface area contributed by atoms with E-state index in [1.165, 1.54) is 6.07 Å². The second kappa shape index (κ2) is 7.98. The van der Waals surface area contributed by atoms with Crippen molar-refractivity contribution in [1.82, 2.24) is 19.7 Å². The van der Waals surface area contributed by atoms with Crippen molar-refractivity contribution in [3.63, 3.8) is 0 Å². The summed E-state index contributed by atoms with van der Waals surface area (Å²) in [5, 5.41) is 8.47. The number of nitrogens with one attached hydrogen (secondary N) is 1. The molecule has 3 N–H and O–H groups in total. The fourth-order valence-electron chi connectivity index (χ4n) is 4.74. The van der Waals surface area contributed by atoms with Gasteiger partial charge in [-0.1, -0.05) is 54.6 Å². The van der Waals surface area contributed by atoms with Gasteiger partial charge >= 0.3 is 0 Å². The van der Waals surface area contributed by atoms with E-state index in [0.29, 0.717) is 29.1 Å². The van der Waals surface area contributed by atoms with Gasteiger partial charge in [0.05, 0.1) is 22.2 Å². The predicted octanol–water partition coefficient (Wildman–Crippen LogP) is 5.02. The van der Waals surface area contributed by atoms with Crippen LogP contribution in [0.1, 0.15) is 30.7 Å². The van der Waals surface area contributed by atoms with Crippen molar-refractivity contribution in [2.45, 2.75) is 25.7 Å². The lowest BCUT2D eigenvalue weighted by Crippen LogP contribution is -2.27. The van der Waals surface area contributed by atoms with E-state index in [4.69, 9.17) is 10.8 Å². The number of rotatable bonds is 4. The fourth-order valence-corrected chi connectivity index (χ4v) is 4.74. The van der Waals surface area contributed by atoms with Gasteiger partial charge in [0, 0.05) is 11.8 Å². The number of carbonyl (C=O) groups excluding carboxylic acids is 1. The van der Waals surface area contributed by atoms with Gasteiger partial charge in [-0.05, 0) is 48.7 Å². The third-order valence-electron chi connectivity index (χ3n) is 6.72. The van der Waals surface area contributed by atoms with Crippen molar-refractivity contribution < 1.29 is 9.18 Å². The van der Waals surface area contributed by atoms with E-state index < -0.39 is 5.41 Å². The molecule has 6 rings (SSSR count). The van der Waals surface area contributed by atoms with Gasteiger partial charge in [-0.2, -0.15) is 19.7 Å². The van der Waals surface area contributed by atoms with Gasteiger partial charge < -0.3 is 11.1 Å². The monoisotopic (exact) mass is 478 g/mol. The Morgan fingerprint density at radius 3 is 2.50 bits per heavy atom. The Kier molecular flexibility index (Phi) is 4.86. The molecule has 0 saturated carbocycles. The lowest BCUT2D eigenvalue weighted by atomic mass is 9.87. The smallest absolute Gasteiger partial charge is 0.255 e. The average molecular weight is 479 g/mol. The van der Waals surface area contributed by atoms with E-state index in [9.17, 15) is 9.18 Å². The minimum atomic E-state index is -0.829. The molecule has 0 atom stereocenters.